The van der Waals surface area contributed by atoms with Gasteiger partial charge in [0.15, 0.2) is 9.84 Å². The number of hydrogen-bond donors (Lipinski definition) is 1. The lowest BCUT2D eigenvalue weighted by atomic mass is 9.87. The Morgan fingerprint density at radius 3 is 2.69 bits per heavy atom. The van der Waals surface area contributed by atoms with Crippen molar-refractivity contribution in [2.75, 3.05) is 18.1 Å². The molecule has 11 heteroatoms. The predicted octanol–water partition coefficient (Wildman–Crippen LogP) is 6.66. The van der Waals surface area contributed by atoms with Gasteiger partial charge in [-0.05, 0) is 49.1 Å². The summed E-state index contributed by atoms with van der Waals surface area (Å²) in [6, 6.07) is 11.8. The van der Waals surface area contributed by atoms with Crippen molar-refractivity contribution in [3.05, 3.63) is 100.0 Å². The van der Waals surface area contributed by atoms with Crippen LogP contribution in [-0.2, 0) is 9.84 Å². The van der Waals surface area contributed by atoms with E-state index in [2.05, 4.69) is 4.90 Å². The number of fused-ring (bicyclic) bond motifs is 1. The van der Waals surface area contributed by atoms with Gasteiger partial charge in [0.25, 0.3) is 0 Å². The molecule has 0 amide bonds. The zero-order valence-electron chi connectivity index (χ0n) is 23.4. The number of nitrogens with zero attached hydrogens (tertiary/aromatic N) is 3. The summed E-state index contributed by atoms with van der Waals surface area (Å²) >= 11 is 8.06. The fraction of sp³-hybridized carbons (Fsp3) is 0.355. The first-order valence-corrected chi connectivity index (χ1v) is 16.8. The maximum Gasteiger partial charge on any atom is 0.178 e. The smallest absolute Gasteiger partial charge is 0.178 e. The molecule has 2 aromatic rings. The lowest BCUT2D eigenvalue weighted by molar-refractivity contribution is 0.333. The van der Waals surface area contributed by atoms with Crippen molar-refractivity contribution in [2.24, 2.45) is 21.1 Å². The molecule has 2 unspecified atom stereocenters. The van der Waals surface area contributed by atoms with Gasteiger partial charge in [-0.3, -0.25) is 9.98 Å². The Morgan fingerprint density at radius 1 is 1.24 bits per heavy atom. The fourth-order valence-corrected chi connectivity index (χ4v) is 8.55. The number of rotatable bonds is 10. The molecule has 0 saturated carbocycles. The average Bonchev–Trinajstić information content (AvgIpc) is 3.52. The zero-order valence-corrected chi connectivity index (χ0v) is 25.8. The molecule has 0 aromatic heterocycles. The predicted molar refractivity (Wildman–Crippen MR) is 168 cm³/mol. The summed E-state index contributed by atoms with van der Waals surface area (Å²) < 4.78 is 55.0. The van der Waals surface area contributed by atoms with Crippen molar-refractivity contribution in [2.45, 2.75) is 49.8 Å². The van der Waals surface area contributed by atoms with Crippen molar-refractivity contribution >= 4 is 44.7 Å². The monoisotopic (exact) mass is 630 g/mol. The molecular weight excluding hydrogens is 598 g/mol. The van der Waals surface area contributed by atoms with Crippen molar-refractivity contribution in [1.29, 1.82) is 0 Å². The molecule has 1 saturated heterocycles. The van der Waals surface area contributed by atoms with Gasteiger partial charge in [-0.25, -0.2) is 17.2 Å². The molecule has 0 radical (unpaired) electrons. The second-order valence-electron chi connectivity index (χ2n) is 11.2. The lowest BCUT2D eigenvalue weighted by Gasteiger charge is -2.33. The highest BCUT2D eigenvalue weighted by molar-refractivity contribution is 8.02. The summed E-state index contributed by atoms with van der Waals surface area (Å²) in [6.45, 7) is 3.91. The molecule has 2 N–H and O–H groups in total. The van der Waals surface area contributed by atoms with Crippen LogP contribution in [0.5, 0.6) is 0 Å². The number of hydrogen-bond acceptors (Lipinski definition) is 7. The molecule has 3 aliphatic rings. The van der Waals surface area contributed by atoms with E-state index in [0.29, 0.717) is 30.0 Å². The van der Waals surface area contributed by atoms with Gasteiger partial charge >= 0.3 is 0 Å². The number of allylic oxidation sites excluding steroid dienone is 2. The highest BCUT2D eigenvalue weighted by Gasteiger charge is 2.47. The van der Waals surface area contributed by atoms with E-state index < -0.39 is 33.3 Å². The molecule has 1 fully saturated rings. The summed E-state index contributed by atoms with van der Waals surface area (Å²) in [5.74, 6) is 0.690. The molecule has 6 nitrogen and oxygen atoms in total. The van der Waals surface area contributed by atoms with Crippen molar-refractivity contribution in [3.8, 4) is 0 Å². The average molecular weight is 631 g/mol. The minimum absolute atomic E-state index is 0.0628. The number of halogens is 3. The van der Waals surface area contributed by atoms with Crippen molar-refractivity contribution < 1.29 is 17.2 Å². The second-order valence-corrected chi connectivity index (χ2v) is 14.5. The highest BCUT2D eigenvalue weighted by Crippen LogP contribution is 2.48. The molecular formula is C31H33ClF2N4O2S2. The highest BCUT2D eigenvalue weighted by atomic mass is 35.5. The van der Waals surface area contributed by atoms with E-state index in [1.165, 1.54) is 37.0 Å². The number of aliphatic imine (C=N–C) groups is 2. The normalized spacial score (nSPS) is 24.7. The Labute approximate surface area is 255 Å². The van der Waals surface area contributed by atoms with Crippen LogP contribution in [-0.4, -0.2) is 55.1 Å². The Bertz CT molecular complexity index is 1610. The van der Waals surface area contributed by atoms with E-state index in [0.717, 1.165) is 17.1 Å². The molecule has 0 aliphatic carbocycles. The molecule has 3 heterocycles. The Morgan fingerprint density at radius 2 is 2.00 bits per heavy atom. The number of amidine groups is 1. The van der Waals surface area contributed by atoms with Crippen LogP contribution in [0.1, 0.15) is 38.3 Å². The Hall–Kier alpha value is -2.95. The topological polar surface area (TPSA) is 88.1 Å². The standard InChI is InChI=1S/C31H33ClF2N4O2S2/c1-20(33)14-22-9-11-26(36-22)29-27-16-31(2,19-42(39,40)23-6-4-3-5-7-23)18-38(27)28(17-41-13-12-35)37-30(29)24-10-8-21(34)15-25(24)32/h3-13,15,20,22,30H,14,16-19,35H2,1-2H3/b13-12-/t20?,22?,30-,31+/m0/s1. The van der Waals surface area contributed by atoms with Crippen LogP contribution in [0.4, 0.5) is 8.78 Å². The number of thioether (sulfide) groups is 1. The minimum atomic E-state index is -3.59. The fourth-order valence-electron chi connectivity index (χ4n) is 5.85. The van der Waals surface area contributed by atoms with Gasteiger partial charge in [-0.1, -0.05) is 48.9 Å². The van der Waals surface area contributed by atoms with Crippen molar-refractivity contribution in [1.82, 2.24) is 4.90 Å². The minimum Gasteiger partial charge on any atom is -0.404 e. The molecule has 3 aliphatic heterocycles. The molecule has 0 spiro atoms. The van der Waals surface area contributed by atoms with Crippen LogP contribution in [0.15, 0.2) is 98.4 Å². The van der Waals surface area contributed by atoms with E-state index >= 15 is 0 Å². The molecule has 5 rings (SSSR count). The molecule has 0 bridgehead atoms. The van der Waals surface area contributed by atoms with Gasteiger partial charge in [0, 0.05) is 46.4 Å². The van der Waals surface area contributed by atoms with E-state index in [9.17, 15) is 17.2 Å². The third-order valence-corrected chi connectivity index (χ3v) is 10.7. The zero-order chi connectivity index (χ0) is 30.1. The van der Waals surface area contributed by atoms with Gasteiger partial charge in [0.2, 0.25) is 0 Å². The summed E-state index contributed by atoms with van der Waals surface area (Å²) in [7, 11) is -3.59. The molecule has 2 aromatic carbocycles. The van der Waals surface area contributed by atoms with E-state index in [4.69, 9.17) is 27.3 Å². The van der Waals surface area contributed by atoms with Crippen LogP contribution in [0.2, 0.25) is 5.02 Å². The first kappa shape index (κ1) is 30.5. The number of alkyl halides is 1. The van der Waals surface area contributed by atoms with Crippen LogP contribution < -0.4 is 5.73 Å². The lowest BCUT2D eigenvalue weighted by Crippen LogP contribution is -2.38. The van der Waals surface area contributed by atoms with Crippen LogP contribution >= 0.6 is 23.4 Å². The molecule has 42 heavy (non-hydrogen) atoms. The largest absolute Gasteiger partial charge is 0.404 e. The maximum atomic E-state index is 14.1. The quantitative estimate of drug-likeness (QED) is 0.317. The first-order chi connectivity index (χ1) is 20.0. The maximum absolute atomic E-state index is 14.1. The van der Waals surface area contributed by atoms with Crippen LogP contribution in [0.3, 0.4) is 0 Å². The number of benzene rings is 2. The van der Waals surface area contributed by atoms with E-state index in [-0.39, 0.29) is 28.1 Å². The SMILES string of the molecule is CC(F)CC1C=CC(C2=C3C[C@@](C)(CS(=O)(=O)c4ccccc4)CN3C(CS/C=C\N)=N[C@H]2c2ccc(F)cc2Cl)=N1. The van der Waals surface area contributed by atoms with E-state index in [1.807, 2.05) is 19.1 Å². The van der Waals surface area contributed by atoms with Crippen molar-refractivity contribution in [3.63, 3.8) is 0 Å². The Kier molecular flexibility index (Phi) is 8.97. The number of sulfone groups is 1. The van der Waals surface area contributed by atoms with Gasteiger partial charge in [-0.15, -0.1) is 11.8 Å². The third-order valence-electron chi connectivity index (χ3n) is 7.54. The molecule has 222 valence electrons. The number of nitrogens with two attached hydrogens (primary N) is 1. The summed E-state index contributed by atoms with van der Waals surface area (Å²) in [6.07, 6.45) is 4.87. The van der Waals surface area contributed by atoms with Gasteiger partial charge in [-0.2, -0.15) is 0 Å². The third kappa shape index (κ3) is 6.50. The van der Waals surface area contributed by atoms with E-state index in [1.54, 1.807) is 41.8 Å². The molecule has 4 atom stereocenters. The van der Waals surface area contributed by atoms with Crippen LogP contribution in [0, 0.1) is 11.2 Å². The first-order valence-electron chi connectivity index (χ1n) is 13.7. The summed E-state index contributed by atoms with van der Waals surface area (Å²) in [5.41, 5.74) is 7.87. The van der Waals surface area contributed by atoms with Gasteiger partial charge in [0.05, 0.1) is 34.3 Å². The Balaban J connectivity index is 1.63. The summed E-state index contributed by atoms with van der Waals surface area (Å²) in [5, 5.41) is 2.00. The summed E-state index contributed by atoms with van der Waals surface area (Å²) in [4.78, 5) is 12.4. The second kappa shape index (κ2) is 12.3. The van der Waals surface area contributed by atoms with Crippen LogP contribution in [0.25, 0.3) is 0 Å². The van der Waals surface area contributed by atoms with Gasteiger partial charge in [0.1, 0.15) is 17.7 Å². The van der Waals surface area contributed by atoms with Gasteiger partial charge < -0.3 is 10.6 Å².